The van der Waals surface area contributed by atoms with E-state index in [9.17, 15) is 4.79 Å². The molecule has 0 fully saturated rings. The Labute approximate surface area is 209 Å². The fraction of sp³-hybridized carbons (Fsp3) is 0.179. The molecule has 0 radical (unpaired) electrons. The maximum absolute atomic E-state index is 12.8. The van der Waals surface area contributed by atoms with Crippen LogP contribution in [0.4, 0.5) is 0 Å². The van der Waals surface area contributed by atoms with Crippen molar-refractivity contribution in [3.63, 3.8) is 0 Å². The standard InChI is InChI=1S/C28H26N2O6/c1-17-6-8-18(9-7-17)28(31)36-30-26(20-10-11-22(32-2)23(15-20)33-3)27-21-16-25(35-5)24(34-4)14-19(21)12-13-29-27/h6-16H,1-5H3/b30-26-. The number of carbonyl (C=O) groups excluding carboxylic acids is 1. The van der Waals surface area contributed by atoms with E-state index >= 15 is 0 Å². The summed E-state index contributed by atoms with van der Waals surface area (Å²) in [7, 11) is 6.24. The van der Waals surface area contributed by atoms with Gasteiger partial charge in [-0.25, -0.2) is 4.79 Å². The molecule has 0 spiro atoms. The van der Waals surface area contributed by atoms with Gasteiger partial charge in [0, 0.05) is 17.1 Å². The van der Waals surface area contributed by atoms with Crippen molar-refractivity contribution < 1.29 is 28.6 Å². The molecule has 0 atom stereocenters. The van der Waals surface area contributed by atoms with Gasteiger partial charge in [-0.05, 0) is 60.8 Å². The predicted molar refractivity (Wildman–Crippen MR) is 137 cm³/mol. The van der Waals surface area contributed by atoms with Crippen molar-refractivity contribution in [3.8, 4) is 23.0 Å². The van der Waals surface area contributed by atoms with Gasteiger partial charge in [-0.3, -0.25) is 4.98 Å². The zero-order valence-corrected chi connectivity index (χ0v) is 20.7. The van der Waals surface area contributed by atoms with Gasteiger partial charge in [-0.1, -0.05) is 22.9 Å². The van der Waals surface area contributed by atoms with Gasteiger partial charge in [-0.2, -0.15) is 0 Å². The number of rotatable bonds is 8. The molecule has 0 bridgehead atoms. The molecule has 4 rings (SSSR count). The summed E-state index contributed by atoms with van der Waals surface area (Å²) < 4.78 is 21.8. The summed E-state index contributed by atoms with van der Waals surface area (Å²) in [6, 6.07) is 17.9. The first-order valence-corrected chi connectivity index (χ1v) is 11.1. The molecule has 0 saturated heterocycles. The van der Waals surface area contributed by atoms with Gasteiger partial charge in [-0.15, -0.1) is 0 Å². The van der Waals surface area contributed by atoms with Gasteiger partial charge >= 0.3 is 5.97 Å². The maximum Gasteiger partial charge on any atom is 0.365 e. The smallest absolute Gasteiger partial charge is 0.365 e. The molecule has 36 heavy (non-hydrogen) atoms. The molecular weight excluding hydrogens is 460 g/mol. The third-order valence-corrected chi connectivity index (χ3v) is 5.66. The lowest BCUT2D eigenvalue weighted by molar-refractivity contribution is 0.0517. The number of methoxy groups -OCH3 is 4. The highest BCUT2D eigenvalue weighted by molar-refractivity contribution is 6.18. The number of aryl methyl sites for hydroxylation is 1. The average Bonchev–Trinajstić information content (AvgIpc) is 2.92. The Bertz CT molecular complexity index is 1430. The fourth-order valence-electron chi connectivity index (χ4n) is 3.73. The first kappa shape index (κ1) is 24.5. The van der Waals surface area contributed by atoms with E-state index in [4.69, 9.17) is 23.8 Å². The van der Waals surface area contributed by atoms with E-state index in [-0.39, 0.29) is 0 Å². The third-order valence-electron chi connectivity index (χ3n) is 5.66. The lowest BCUT2D eigenvalue weighted by atomic mass is 10.0. The summed E-state index contributed by atoms with van der Waals surface area (Å²) in [6.45, 7) is 1.94. The Morgan fingerprint density at radius 1 is 0.722 bits per heavy atom. The summed E-state index contributed by atoms with van der Waals surface area (Å²) in [6.07, 6.45) is 1.65. The minimum atomic E-state index is -0.590. The molecule has 4 aromatic rings. The number of hydrogen-bond donors (Lipinski definition) is 0. The minimum absolute atomic E-state index is 0.328. The number of hydrogen-bond acceptors (Lipinski definition) is 8. The van der Waals surface area contributed by atoms with E-state index in [1.807, 2.05) is 37.3 Å². The van der Waals surface area contributed by atoms with Crippen molar-refractivity contribution in [3.05, 3.63) is 89.2 Å². The molecule has 0 N–H and O–H groups in total. The molecule has 0 amide bonds. The van der Waals surface area contributed by atoms with Crippen LogP contribution >= 0.6 is 0 Å². The summed E-state index contributed by atoms with van der Waals surface area (Å²) in [5.74, 6) is 1.56. The van der Waals surface area contributed by atoms with Gasteiger partial charge in [0.1, 0.15) is 11.4 Å². The third kappa shape index (κ3) is 4.93. The van der Waals surface area contributed by atoms with Gasteiger partial charge in [0.25, 0.3) is 0 Å². The predicted octanol–water partition coefficient (Wildman–Crippen LogP) is 5.19. The number of aromatic nitrogens is 1. The molecule has 0 saturated carbocycles. The topological polar surface area (TPSA) is 88.5 Å². The first-order valence-electron chi connectivity index (χ1n) is 11.1. The monoisotopic (exact) mass is 486 g/mol. The molecule has 0 aliphatic carbocycles. The summed E-state index contributed by atoms with van der Waals surface area (Å²) in [5.41, 5.74) is 2.84. The normalized spacial score (nSPS) is 11.2. The number of oxime groups is 1. The Balaban J connectivity index is 1.88. The highest BCUT2D eigenvalue weighted by Crippen LogP contribution is 2.35. The number of fused-ring (bicyclic) bond motifs is 1. The van der Waals surface area contributed by atoms with Crippen molar-refractivity contribution in [1.82, 2.24) is 4.98 Å². The van der Waals surface area contributed by atoms with Crippen LogP contribution in [0.2, 0.25) is 0 Å². The van der Waals surface area contributed by atoms with Crippen LogP contribution in [-0.2, 0) is 4.84 Å². The number of benzene rings is 3. The van der Waals surface area contributed by atoms with E-state index in [1.54, 1.807) is 65.0 Å². The van der Waals surface area contributed by atoms with E-state index in [0.717, 1.165) is 16.3 Å². The zero-order chi connectivity index (χ0) is 25.7. The molecule has 8 heteroatoms. The molecule has 3 aromatic carbocycles. The van der Waals surface area contributed by atoms with Crippen LogP contribution in [0.5, 0.6) is 23.0 Å². The zero-order valence-electron chi connectivity index (χ0n) is 20.7. The maximum atomic E-state index is 12.8. The van der Waals surface area contributed by atoms with E-state index in [1.165, 1.54) is 0 Å². The van der Waals surface area contributed by atoms with Crippen molar-refractivity contribution in [1.29, 1.82) is 0 Å². The number of pyridine rings is 1. The van der Waals surface area contributed by atoms with Crippen LogP contribution < -0.4 is 18.9 Å². The first-order chi connectivity index (χ1) is 17.5. The Morgan fingerprint density at radius 2 is 1.33 bits per heavy atom. The number of carbonyl (C=O) groups is 1. The molecule has 0 aliphatic heterocycles. The largest absolute Gasteiger partial charge is 0.493 e. The molecule has 184 valence electrons. The van der Waals surface area contributed by atoms with Crippen LogP contribution in [-0.4, -0.2) is 45.1 Å². The van der Waals surface area contributed by atoms with E-state index in [0.29, 0.717) is 45.5 Å². The molecule has 0 unspecified atom stereocenters. The second kappa shape index (κ2) is 10.8. The van der Waals surface area contributed by atoms with Crippen LogP contribution in [0.15, 0.2) is 72.0 Å². The Hall–Kier alpha value is -4.59. The molecule has 8 nitrogen and oxygen atoms in total. The van der Waals surface area contributed by atoms with Gasteiger partial charge in [0.15, 0.2) is 23.0 Å². The second-order valence-electron chi connectivity index (χ2n) is 7.84. The lowest BCUT2D eigenvalue weighted by Gasteiger charge is -2.14. The van der Waals surface area contributed by atoms with Crippen LogP contribution in [0, 0.1) is 6.92 Å². The van der Waals surface area contributed by atoms with Crippen molar-refractivity contribution in [2.24, 2.45) is 5.16 Å². The van der Waals surface area contributed by atoms with Gasteiger partial charge < -0.3 is 23.8 Å². The Morgan fingerprint density at radius 3 is 2.00 bits per heavy atom. The van der Waals surface area contributed by atoms with Crippen molar-refractivity contribution >= 4 is 22.5 Å². The minimum Gasteiger partial charge on any atom is -0.493 e. The summed E-state index contributed by atoms with van der Waals surface area (Å²) in [4.78, 5) is 22.7. The Kier molecular flexibility index (Phi) is 7.34. The SMILES string of the molecule is COc1ccc(/C(=N/OC(=O)c2ccc(C)cc2)c2nccc3cc(OC)c(OC)cc23)cc1OC. The van der Waals surface area contributed by atoms with E-state index < -0.39 is 5.97 Å². The summed E-state index contributed by atoms with van der Waals surface area (Å²) >= 11 is 0. The number of nitrogens with zero attached hydrogens (tertiary/aromatic N) is 2. The average molecular weight is 487 g/mol. The van der Waals surface area contributed by atoms with Gasteiger partial charge in [0.05, 0.1) is 34.0 Å². The van der Waals surface area contributed by atoms with Crippen LogP contribution in [0.3, 0.4) is 0 Å². The van der Waals surface area contributed by atoms with Crippen molar-refractivity contribution in [2.45, 2.75) is 6.92 Å². The van der Waals surface area contributed by atoms with Crippen LogP contribution in [0.25, 0.3) is 10.8 Å². The van der Waals surface area contributed by atoms with Crippen molar-refractivity contribution in [2.75, 3.05) is 28.4 Å². The highest BCUT2D eigenvalue weighted by Gasteiger charge is 2.19. The molecule has 1 aromatic heterocycles. The molecule has 0 aliphatic rings. The summed E-state index contributed by atoms with van der Waals surface area (Å²) in [5, 5.41) is 5.85. The number of ether oxygens (including phenoxy) is 4. The second-order valence-corrected chi connectivity index (χ2v) is 7.84. The van der Waals surface area contributed by atoms with Gasteiger partial charge in [0.2, 0.25) is 0 Å². The quantitative estimate of drug-likeness (QED) is 0.192. The fourth-order valence-corrected chi connectivity index (χ4v) is 3.73. The van der Waals surface area contributed by atoms with Crippen LogP contribution in [0.1, 0.15) is 27.2 Å². The molecule has 1 heterocycles. The lowest BCUT2D eigenvalue weighted by Crippen LogP contribution is -2.11. The highest BCUT2D eigenvalue weighted by atomic mass is 16.7. The molecular formula is C28H26N2O6. The van der Waals surface area contributed by atoms with E-state index in [2.05, 4.69) is 10.1 Å².